The summed E-state index contributed by atoms with van der Waals surface area (Å²) in [4.78, 5) is 36.3. The molecule has 0 spiro atoms. The van der Waals surface area contributed by atoms with Crippen LogP contribution in [-0.4, -0.2) is 35.9 Å². The van der Waals surface area contributed by atoms with Crippen molar-refractivity contribution < 1.29 is 19.1 Å². The smallest absolute Gasteiger partial charge is 0.337 e. The fourth-order valence-corrected chi connectivity index (χ4v) is 3.35. The highest BCUT2D eigenvalue weighted by molar-refractivity contribution is 8.14. The number of methoxy groups -OCH3 is 1. The molecule has 21 heavy (non-hydrogen) atoms. The summed E-state index contributed by atoms with van der Waals surface area (Å²) in [7, 11) is 1.28. The van der Waals surface area contributed by atoms with Gasteiger partial charge in [-0.2, -0.15) is 0 Å². The van der Waals surface area contributed by atoms with E-state index in [1.165, 1.54) is 20.1 Å². The van der Waals surface area contributed by atoms with Crippen molar-refractivity contribution in [1.29, 1.82) is 0 Å². The Morgan fingerprint density at radius 2 is 2.10 bits per heavy atom. The summed E-state index contributed by atoms with van der Waals surface area (Å²) >= 11 is 7.15. The number of hydrogen-bond donors (Lipinski definition) is 0. The molecule has 0 radical (unpaired) electrons. The van der Waals surface area contributed by atoms with Gasteiger partial charge in [0, 0.05) is 35.8 Å². The highest BCUT2D eigenvalue weighted by Gasteiger charge is 2.32. The molecular weight excluding hydrogens is 314 g/mol. The third-order valence-electron chi connectivity index (χ3n) is 3.04. The second-order valence-corrected chi connectivity index (χ2v) is 6.54. The van der Waals surface area contributed by atoms with E-state index in [9.17, 15) is 14.4 Å². The minimum absolute atomic E-state index is 0.0176. The Morgan fingerprint density at radius 3 is 2.71 bits per heavy atom. The first-order chi connectivity index (χ1) is 9.90. The monoisotopic (exact) mass is 327 g/mol. The number of benzene rings is 1. The summed E-state index contributed by atoms with van der Waals surface area (Å²) in [6, 6.07) is 4.67. The first-order valence-corrected chi connectivity index (χ1v) is 7.53. The van der Waals surface area contributed by atoms with E-state index in [1.54, 1.807) is 17.0 Å². The van der Waals surface area contributed by atoms with Crippen LogP contribution in [0.2, 0.25) is 5.02 Å². The van der Waals surface area contributed by atoms with E-state index in [2.05, 4.69) is 4.74 Å². The Morgan fingerprint density at radius 1 is 1.38 bits per heavy atom. The predicted octanol–water partition coefficient (Wildman–Crippen LogP) is 2.51. The minimum atomic E-state index is -0.514. The number of esters is 1. The van der Waals surface area contributed by atoms with Gasteiger partial charge in [-0.1, -0.05) is 23.4 Å². The first-order valence-electron chi connectivity index (χ1n) is 6.27. The summed E-state index contributed by atoms with van der Waals surface area (Å²) in [5, 5.41) is 0.259. The molecular formula is C14H14ClNO4S. The number of halogens is 1. The van der Waals surface area contributed by atoms with Crippen LogP contribution in [0.15, 0.2) is 18.2 Å². The number of anilines is 1. The number of rotatable bonds is 3. The van der Waals surface area contributed by atoms with Gasteiger partial charge < -0.3 is 9.64 Å². The second-order valence-electron chi connectivity index (χ2n) is 4.63. The average molecular weight is 328 g/mol. The number of carbonyl (C=O) groups excluding carboxylic acids is 3. The standard InChI is InChI=1S/C14H14ClNO4S/c1-8(17)21-12-6-13(18)16(7-12)11-4-9(14(19)20-2)3-10(15)5-11/h3-5,12H,6-7H2,1-2H3. The zero-order valence-corrected chi connectivity index (χ0v) is 13.2. The molecule has 1 saturated heterocycles. The fraction of sp³-hybridized carbons (Fsp3) is 0.357. The van der Waals surface area contributed by atoms with Gasteiger partial charge in [0.05, 0.1) is 12.7 Å². The van der Waals surface area contributed by atoms with E-state index in [0.29, 0.717) is 23.7 Å². The summed E-state index contributed by atoms with van der Waals surface area (Å²) in [6.45, 7) is 1.90. The van der Waals surface area contributed by atoms with Crippen molar-refractivity contribution in [1.82, 2.24) is 0 Å². The van der Waals surface area contributed by atoms with Crippen LogP contribution < -0.4 is 4.90 Å². The molecule has 1 fully saturated rings. The van der Waals surface area contributed by atoms with Gasteiger partial charge in [-0.05, 0) is 18.2 Å². The maximum absolute atomic E-state index is 12.1. The van der Waals surface area contributed by atoms with Gasteiger partial charge >= 0.3 is 5.97 Å². The van der Waals surface area contributed by atoms with Crippen molar-refractivity contribution in [2.75, 3.05) is 18.6 Å². The highest BCUT2D eigenvalue weighted by atomic mass is 35.5. The van der Waals surface area contributed by atoms with Crippen molar-refractivity contribution in [3.8, 4) is 0 Å². The molecule has 1 aromatic carbocycles. The second kappa shape index (κ2) is 6.49. The molecule has 0 saturated carbocycles. The molecule has 1 aromatic rings. The number of amides is 1. The third-order valence-corrected chi connectivity index (χ3v) is 4.24. The Bertz CT molecular complexity index is 605. The van der Waals surface area contributed by atoms with E-state index in [0.717, 1.165) is 11.8 Å². The molecule has 1 amide bonds. The third kappa shape index (κ3) is 3.77. The number of nitrogens with zero attached hydrogens (tertiary/aromatic N) is 1. The predicted molar refractivity (Wildman–Crippen MR) is 81.8 cm³/mol. The molecule has 1 aliphatic heterocycles. The van der Waals surface area contributed by atoms with Crippen molar-refractivity contribution in [3.05, 3.63) is 28.8 Å². The van der Waals surface area contributed by atoms with Crippen LogP contribution in [0.5, 0.6) is 0 Å². The van der Waals surface area contributed by atoms with Gasteiger partial charge in [0.15, 0.2) is 5.12 Å². The summed E-state index contributed by atoms with van der Waals surface area (Å²) < 4.78 is 4.66. The zero-order valence-electron chi connectivity index (χ0n) is 11.6. The van der Waals surface area contributed by atoms with Crippen LogP contribution in [0.1, 0.15) is 23.7 Å². The summed E-state index contributed by atoms with van der Waals surface area (Å²) in [5.74, 6) is -0.605. The van der Waals surface area contributed by atoms with Crippen LogP contribution in [0, 0.1) is 0 Å². The van der Waals surface area contributed by atoms with E-state index in [1.807, 2.05) is 0 Å². The highest BCUT2D eigenvalue weighted by Crippen LogP contribution is 2.31. The molecule has 7 heteroatoms. The molecule has 2 rings (SSSR count). The Balaban J connectivity index is 2.25. The number of thioether (sulfide) groups is 1. The molecule has 0 aromatic heterocycles. The Labute approximate surface area is 131 Å². The molecule has 0 bridgehead atoms. The van der Waals surface area contributed by atoms with Crippen LogP contribution in [-0.2, 0) is 14.3 Å². The SMILES string of the molecule is COC(=O)c1cc(Cl)cc(N2CC(SC(C)=O)CC2=O)c1. The number of ether oxygens (including phenoxy) is 1. The van der Waals surface area contributed by atoms with E-state index in [-0.39, 0.29) is 21.8 Å². The quantitative estimate of drug-likeness (QED) is 0.798. The normalized spacial score (nSPS) is 18.0. The van der Waals surface area contributed by atoms with Crippen molar-refractivity contribution in [3.63, 3.8) is 0 Å². The molecule has 1 atom stereocenters. The zero-order chi connectivity index (χ0) is 15.6. The van der Waals surface area contributed by atoms with Crippen molar-refractivity contribution in [2.24, 2.45) is 0 Å². The Hall–Kier alpha value is -1.53. The lowest BCUT2D eigenvalue weighted by Crippen LogP contribution is -2.25. The maximum atomic E-state index is 12.1. The Kier molecular flexibility index (Phi) is 4.90. The molecule has 112 valence electrons. The topological polar surface area (TPSA) is 63.7 Å². The maximum Gasteiger partial charge on any atom is 0.337 e. The van der Waals surface area contributed by atoms with Gasteiger partial charge in [0.1, 0.15) is 0 Å². The lowest BCUT2D eigenvalue weighted by atomic mass is 10.2. The van der Waals surface area contributed by atoms with Crippen LogP contribution in [0.25, 0.3) is 0 Å². The molecule has 1 heterocycles. The average Bonchev–Trinajstić information content (AvgIpc) is 2.77. The largest absolute Gasteiger partial charge is 0.465 e. The molecule has 1 aliphatic rings. The minimum Gasteiger partial charge on any atom is -0.465 e. The van der Waals surface area contributed by atoms with Crippen molar-refractivity contribution in [2.45, 2.75) is 18.6 Å². The van der Waals surface area contributed by atoms with E-state index < -0.39 is 5.97 Å². The van der Waals surface area contributed by atoms with Gasteiger partial charge in [0.2, 0.25) is 5.91 Å². The van der Waals surface area contributed by atoms with Crippen molar-refractivity contribution >= 4 is 46.0 Å². The lowest BCUT2D eigenvalue weighted by molar-refractivity contribution is -0.117. The van der Waals surface area contributed by atoms with Gasteiger partial charge in [0.25, 0.3) is 0 Å². The van der Waals surface area contributed by atoms with Gasteiger partial charge in [-0.15, -0.1) is 0 Å². The van der Waals surface area contributed by atoms with E-state index in [4.69, 9.17) is 11.6 Å². The van der Waals surface area contributed by atoms with E-state index >= 15 is 0 Å². The number of hydrogen-bond acceptors (Lipinski definition) is 5. The summed E-state index contributed by atoms with van der Waals surface area (Å²) in [5.41, 5.74) is 0.829. The molecule has 1 unspecified atom stereocenters. The molecule has 0 N–H and O–H groups in total. The fourth-order valence-electron chi connectivity index (χ4n) is 2.20. The molecule has 0 aliphatic carbocycles. The summed E-state index contributed by atoms with van der Waals surface area (Å²) in [6.07, 6.45) is 0.296. The van der Waals surface area contributed by atoms with Crippen LogP contribution in [0.4, 0.5) is 5.69 Å². The number of carbonyl (C=O) groups is 3. The van der Waals surface area contributed by atoms with Crippen LogP contribution >= 0.6 is 23.4 Å². The van der Waals surface area contributed by atoms with Crippen LogP contribution in [0.3, 0.4) is 0 Å². The lowest BCUT2D eigenvalue weighted by Gasteiger charge is -2.17. The van der Waals surface area contributed by atoms with Gasteiger partial charge in [-0.25, -0.2) is 4.79 Å². The first kappa shape index (κ1) is 15.9. The van der Waals surface area contributed by atoms with Gasteiger partial charge in [-0.3, -0.25) is 9.59 Å². The molecule has 5 nitrogen and oxygen atoms in total.